The van der Waals surface area contributed by atoms with Gasteiger partial charge in [0.05, 0.1) is 30.4 Å². The molecule has 1 unspecified atom stereocenters. The van der Waals surface area contributed by atoms with E-state index < -0.39 is 0 Å². The monoisotopic (exact) mass is 411 g/mol. The van der Waals surface area contributed by atoms with Crippen LogP contribution in [0, 0.1) is 6.92 Å². The van der Waals surface area contributed by atoms with E-state index in [0.717, 1.165) is 38.0 Å². The van der Waals surface area contributed by atoms with Gasteiger partial charge in [-0.15, -0.1) is 0 Å². The molecule has 8 nitrogen and oxygen atoms in total. The second-order valence-corrected chi connectivity index (χ2v) is 7.88. The Morgan fingerprint density at radius 3 is 2.70 bits per heavy atom. The maximum absolute atomic E-state index is 12.6. The Hall–Kier alpha value is -2.71. The molecule has 0 saturated carbocycles. The molecule has 0 radical (unpaired) electrons. The third kappa shape index (κ3) is 5.06. The molecule has 1 saturated heterocycles. The van der Waals surface area contributed by atoms with Crippen LogP contribution in [0.25, 0.3) is 0 Å². The van der Waals surface area contributed by atoms with Gasteiger partial charge in [0.25, 0.3) is 0 Å². The number of hydrogen-bond donors (Lipinski definition) is 3. The summed E-state index contributed by atoms with van der Waals surface area (Å²) in [5.74, 6) is 1.07. The molecule has 8 heteroatoms. The molecule has 0 spiro atoms. The first-order valence-electron chi connectivity index (χ1n) is 10.6. The number of ether oxygens (including phenoxy) is 2. The van der Waals surface area contributed by atoms with E-state index >= 15 is 0 Å². The SMILES string of the molecule is Cc1cnc(NC(=O)Nc2cc3c(cc2O[C@@H](C)C2CNCCO2)CCCC3)cn1. The molecule has 1 aromatic heterocycles. The van der Waals surface area contributed by atoms with E-state index in [1.54, 1.807) is 6.20 Å². The Kier molecular flexibility index (Phi) is 6.44. The number of carbonyl (C=O) groups is 1. The summed E-state index contributed by atoms with van der Waals surface area (Å²) in [7, 11) is 0. The lowest BCUT2D eigenvalue weighted by Crippen LogP contribution is -2.46. The van der Waals surface area contributed by atoms with Crippen LogP contribution in [0.15, 0.2) is 24.5 Å². The zero-order chi connectivity index (χ0) is 20.9. The Labute approximate surface area is 176 Å². The number of carbonyl (C=O) groups excluding carboxylic acids is 1. The van der Waals surface area contributed by atoms with Gasteiger partial charge in [-0.1, -0.05) is 0 Å². The average molecular weight is 412 g/mol. The first-order chi connectivity index (χ1) is 14.6. The average Bonchev–Trinajstić information content (AvgIpc) is 2.76. The van der Waals surface area contributed by atoms with Crippen molar-refractivity contribution in [3.63, 3.8) is 0 Å². The fourth-order valence-corrected chi connectivity index (χ4v) is 3.85. The summed E-state index contributed by atoms with van der Waals surface area (Å²) in [5, 5.41) is 8.99. The summed E-state index contributed by atoms with van der Waals surface area (Å²) in [5.41, 5.74) is 4.01. The van der Waals surface area contributed by atoms with Crippen molar-refractivity contribution in [1.82, 2.24) is 15.3 Å². The van der Waals surface area contributed by atoms with Crippen LogP contribution in [0.2, 0.25) is 0 Å². The van der Waals surface area contributed by atoms with Crippen LogP contribution >= 0.6 is 0 Å². The highest BCUT2D eigenvalue weighted by Crippen LogP contribution is 2.34. The van der Waals surface area contributed by atoms with Crippen molar-refractivity contribution in [3.8, 4) is 5.75 Å². The van der Waals surface area contributed by atoms with Crippen LogP contribution in [-0.4, -0.2) is 47.9 Å². The number of fused-ring (bicyclic) bond motifs is 1. The number of morpholine rings is 1. The van der Waals surface area contributed by atoms with Gasteiger partial charge in [0.1, 0.15) is 18.0 Å². The molecule has 3 N–H and O–H groups in total. The summed E-state index contributed by atoms with van der Waals surface area (Å²) in [6.45, 7) is 6.13. The van der Waals surface area contributed by atoms with E-state index in [1.165, 1.54) is 23.7 Å². The summed E-state index contributed by atoms with van der Waals surface area (Å²) in [6, 6.07) is 3.73. The van der Waals surface area contributed by atoms with Crippen molar-refractivity contribution in [2.75, 3.05) is 30.3 Å². The van der Waals surface area contributed by atoms with Gasteiger partial charge in [-0.2, -0.15) is 0 Å². The number of aromatic nitrogens is 2. The van der Waals surface area contributed by atoms with Crippen LogP contribution in [-0.2, 0) is 17.6 Å². The number of urea groups is 1. The van der Waals surface area contributed by atoms with Crippen LogP contribution < -0.4 is 20.7 Å². The van der Waals surface area contributed by atoms with Crippen LogP contribution in [0.1, 0.15) is 36.6 Å². The third-order valence-corrected chi connectivity index (χ3v) is 5.51. The standard InChI is InChI=1S/C22H29N5O3/c1-14-11-25-21(13-24-14)27-22(28)26-18-9-16-5-3-4-6-17(16)10-19(18)30-15(2)20-12-23-7-8-29-20/h9-11,13,15,20,23H,3-8,12H2,1-2H3,(H2,25,26,27,28)/t15-,20?/m0/s1. The van der Waals surface area contributed by atoms with Crippen LogP contribution in [0.5, 0.6) is 5.75 Å². The molecule has 1 aliphatic heterocycles. The molecule has 30 heavy (non-hydrogen) atoms. The number of hydrogen-bond acceptors (Lipinski definition) is 6. The molecule has 1 aliphatic carbocycles. The molecular weight excluding hydrogens is 382 g/mol. The highest BCUT2D eigenvalue weighted by Gasteiger charge is 2.24. The van der Waals surface area contributed by atoms with Gasteiger partial charge in [-0.3, -0.25) is 10.3 Å². The Balaban J connectivity index is 1.52. The lowest BCUT2D eigenvalue weighted by Gasteiger charge is -2.30. The van der Waals surface area contributed by atoms with Gasteiger partial charge in [-0.05, 0) is 62.8 Å². The molecule has 2 aliphatic rings. The molecule has 2 amide bonds. The van der Waals surface area contributed by atoms with Gasteiger partial charge in [0.2, 0.25) is 0 Å². The molecule has 1 fully saturated rings. The summed E-state index contributed by atoms with van der Waals surface area (Å²) >= 11 is 0. The first kappa shape index (κ1) is 20.6. The summed E-state index contributed by atoms with van der Waals surface area (Å²) in [4.78, 5) is 20.9. The van der Waals surface area contributed by atoms with Crippen LogP contribution in [0.4, 0.5) is 16.3 Å². The van der Waals surface area contributed by atoms with Crippen molar-refractivity contribution in [2.24, 2.45) is 0 Å². The van der Waals surface area contributed by atoms with E-state index in [0.29, 0.717) is 23.9 Å². The normalized spacial score (nSPS) is 19.5. The second kappa shape index (κ2) is 9.40. The van der Waals surface area contributed by atoms with Crippen molar-refractivity contribution in [2.45, 2.75) is 51.7 Å². The van der Waals surface area contributed by atoms with E-state index in [1.807, 2.05) is 19.9 Å². The lowest BCUT2D eigenvalue weighted by atomic mass is 9.91. The first-order valence-corrected chi connectivity index (χ1v) is 10.6. The number of aryl methyl sites for hydroxylation is 3. The minimum absolute atomic E-state index is 0.0284. The van der Waals surface area contributed by atoms with Gasteiger partial charge in [0.15, 0.2) is 5.82 Å². The van der Waals surface area contributed by atoms with E-state index in [9.17, 15) is 4.79 Å². The summed E-state index contributed by atoms with van der Waals surface area (Å²) < 4.78 is 12.1. The van der Waals surface area contributed by atoms with E-state index in [4.69, 9.17) is 9.47 Å². The summed E-state index contributed by atoms with van der Waals surface area (Å²) in [6.07, 6.45) is 7.36. The van der Waals surface area contributed by atoms with E-state index in [-0.39, 0.29) is 18.2 Å². The fraction of sp³-hybridized carbons (Fsp3) is 0.500. The second-order valence-electron chi connectivity index (χ2n) is 7.88. The number of anilines is 2. The van der Waals surface area contributed by atoms with Crippen molar-refractivity contribution in [1.29, 1.82) is 0 Å². The maximum atomic E-state index is 12.6. The maximum Gasteiger partial charge on any atom is 0.324 e. The third-order valence-electron chi connectivity index (χ3n) is 5.51. The van der Waals surface area contributed by atoms with Crippen molar-refractivity contribution in [3.05, 3.63) is 41.3 Å². The highest BCUT2D eigenvalue weighted by molar-refractivity contribution is 6.00. The molecule has 160 valence electrons. The number of amides is 2. The quantitative estimate of drug-likeness (QED) is 0.700. The van der Waals surface area contributed by atoms with Gasteiger partial charge in [-0.25, -0.2) is 9.78 Å². The molecule has 2 heterocycles. The highest BCUT2D eigenvalue weighted by atomic mass is 16.5. The predicted molar refractivity (Wildman–Crippen MR) is 115 cm³/mol. The number of nitrogens with zero attached hydrogens (tertiary/aromatic N) is 2. The smallest absolute Gasteiger partial charge is 0.324 e. The molecule has 0 bridgehead atoms. The number of rotatable bonds is 5. The predicted octanol–water partition coefficient (Wildman–Crippen LogP) is 3.06. The Morgan fingerprint density at radius 1 is 1.20 bits per heavy atom. The largest absolute Gasteiger partial charge is 0.486 e. The Bertz CT molecular complexity index is 881. The molecule has 2 aromatic rings. The van der Waals surface area contributed by atoms with Crippen molar-refractivity contribution >= 4 is 17.5 Å². The van der Waals surface area contributed by atoms with Crippen molar-refractivity contribution < 1.29 is 14.3 Å². The minimum atomic E-state index is -0.378. The minimum Gasteiger partial charge on any atom is -0.486 e. The van der Waals surface area contributed by atoms with Gasteiger partial charge < -0.3 is 20.1 Å². The number of nitrogens with one attached hydrogen (secondary N) is 3. The van der Waals surface area contributed by atoms with Gasteiger partial charge >= 0.3 is 6.03 Å². The molecular formula is C22H29N5O3. The fourth-order valence-electron chi connectivity index (χ4n) is 3.85. The number of benzene rings is 1. The molecule has 1 aromatic carbocycles. The topological polar surface area (TPSA) is 97.4 Å². The molecule has 2 atom stereocenters. The van der Waals surface area contributed by atoms with Gasteiger partial charge in [0, 0.05) is 13.1 Å². The zero-order valence-corrected chi connectivity index (χ0v) is 17.5. The zero-order valence-electron chi connectivity index (χ0n) is 17.5. The van der Waals surface area contributed by atoms with Crippen LogP contribution in [0.3, 0.4) is 0 Å². The van der Waals surface area contributed by atoms with E-state index in [2.05, 4.69) is 32.0 Å². The Morgan fingerprint density at radius 2 is 2.00 bits per heavy atom. The lowest BCUT2D eigenvalue weighted by molar-refractivity contribution is -0.0348. The molecule has 4 rings (SSSR count).